The fourth-order valence-electron chi connectivity index (χ4n) is 2.15. The minimum absolute atomic E-state index is 0.0726. The minimum Gasteiger partial charge on any atom is -0.493 e. The zero-order valence-corrected chi connectivity index (χ0v) is 11.9. The molecule has 0 unspecified atom stereocenters. The Bertz CT molecular complexity index is 567. The number of ether oxygens (including phenoxy) is 3. The maximum Gasteiger partial charge on any atom is 0.173 e. The molecular formula is C14H19N3O3. The number of nitrogens with one attached hydrogen (secondary N) is 1. The highest BCUT2D eigenvalue weighted by atomic mass is 16.5. The van der Waals surface area contributed by atoms with E-state index in [1.165, 1.54) is 0 Å². The number of aliphatic imine (C=N–C) groups is 1. The van der Waals surface area contributed by atoms with Crippen molar-refractivity contribution >= 4 is 11.7 Å². The largest absolute Gasteiger partial charge is 0.493 e. The van der Waals surface area contributed by atoms with Crippen molar-refractivity contribution in [3.05, 3.63) is 17.2 Å². The molecule has 1 aromatic carbocycles. The Morgan fingerprint density at radius 2 is 1.60 bits per heavy atom. The van der Waals surface area contributed by atoms with Crippen molar-refractivity contribution in [1.82, 2.24) is 0 Å². The quantitative estimate of drug-likeness (QED) is 0.831. The molecular weight excluding hydrogens is 258 g/mol. The Morgan fingerprint density at radius 3 is 2.20 bits per heavy atom. The molecule has 1 aliphatic heterocycles. The Hall–Kier alpha value is -2.24. The first-order chi connectivity index (χ1) is 9.63. The van der Waals surface area contributed by atoms with Crippen molar-refractivity contribution in [2.75, 3.05) is 19.8 Å². The molecule has 0 atom stereocenters. The Kier molecular flexibility index (Phi) is 4.12. The van der Waals surface area contributed by atoms with Gasteiger partial charge in [0.05, 0.1) is 30.9 Å². The molecule has 0 radical (unpaired) electrons. The third kappa shape index (κ3) is 2.29. The van der Waals surface area contributed by atoms with Gasteiger partial charge in [-0.3, -0.25) is 5.41 Å². The van der Waals surface area contributed by atoms with Crippen LogP contribution in [0.4, 0.5) is 0 Å². The lowest BCUT2D eigenvalue weighted by molar-refractivity contribution is 0.282. The number of hydrogen-bond acceptors (Lipinski definition) is 5. The molecule has 0 amide bonds. The average molecular weight is 277 g/mol. The molecule has 3 N–H and O–H groups in total. The van der Waals surface area contributed by atoms with Gasteiger partial charge in [-0.05, 0) is 20.8 Å². The van der Waals surface area contributed by atoms with Crippen molar-refractivity contribution in [3.63, 3.8) is 0 Å². The van der Waals surface area contributed by atoms with Gasteiger partial charge in [-0.1, -0.05) is 0 Å². The maximum absolute atomic E-state index is 7.98. The van der Waals surface area contributed by atoms with Crippen LogP contribution in [0.15, 0.2) is 11.1 Å². The van der Waals surface area contributed by atoms with Crippen LogP contribution in [0.5, 0.6) is 17.2 Å². The van der Waals surface area contributed by atoms with E-state index in [1.807, 2.05) is 20.8 Å². The second-order valence-electron chi connectivity index (χ2n) is 4.10. The third-order valence-corrected chi connectivity index (χ3v) is 2.82. The summed E-state index contributed by atoms with van der Waals surface area (Å²) in [7, 11) is 0. The van der Waals surface area contributed by atoms with Crippen LogP contribution in [-0.4, -0.2) is 31.5 Å². The van der Waals surface area contributed by atoms with Gasteiger partial charge < -0.3 is 19.9 Å². The number of nitrogens with two attached hydrogens (primary N) is 1. The second kappa shape index (κ2) is 5.81. The van der Waals surface area contributed by atoms with Gasteiger partial charge in [-0.15, -0.1) is 0 Å². The van der Waals surface area contributed by atoms with E-state index >= 15 is 0 Å². The van der Waals surface area contributed by atoms with Crippen LogP contribution in [0.3, 0.4) is 0 Å². The smallest absolute Gasteiger partial charge is 0.173 e. The lowest BCUT2D eigenvalue weighted by Gasteiger charge is -2.17. The predicted molar refractivity (Wildman–Crippen MR) is 77.5 cm³/mol. The van der Waals surface area contributed by atoms with Gasteiger partial charge in [0.2, 0.25) is 0 Å². The summed E-state index contributed by atoms with van der Waals surface area (Å²) >= 11 is 0. The van der Waals surface area contributed by atoms with E-state index in [4.69, 9.17) is 25.4 Å². The molecule has 0 saturated carbocycles. The molecule has 0 aliphatic carbocycles. The van der Waals surface area contributed by atoms with Gasteiger partial charge in [-0.2, -0.15) is 0 Å². The zero-order chi connectivity index (χ0) is 14.7. The SMILES string of the molecule is CCOc1cc(OCC)c2c(c1OCC)C(=N)N=C2N. The molecule has 0 spiro atoms. The molecule has 2 rings (SSSR count). The number of hydrogen-bond donors (Lipinski definition) is 2. The van der Waals surface area contributed by atoms with Gasteiger partial charge >= 0.3 is 0 Å². The molecule has 1 heterocycles. The number of rotatable bonds is 6. The standard InChI is InChI=1S/C14H19N3O3/c1-4-18-8-7-9(19-5-2)12(20-6-3)11-10(8)13(15)17-14(11)16/h7H,4-6H2,1-3H3,(H3,15,16,17). The number of amidine groups is 2. The van der Waals surface area contributed by atoms with Gasteiger partial charge in [-0.25, -0.2) is 4.99 Å². The summed E-state index contributed by atoms with van der Waals surface area (Å²) in [5, 5.41) is 7.98. The summed E-state index contributed by atoms with van der Waals surface area (Å²) in [6.45, 7) is 7.10. The van der Waals surface area contributed by atoms with Crippen LogP contribution in [-0.2, 0) is 0 Å². The topological polar surface area (TPSA) is 89.9 Å². The molecule has 6 nitrogen and oxygen atoms in total. The van der Waals surface area contributed by atoms with Crippen LogP contribution in [0.2, 0.25) is 0 Å². The lowest BCUT2D eigenvalue weighted by atomic mass is 10.0. The van der Waals surface area contributed by atoms with E-state index in [1.54, 1.807) is 6.07 Å². The summed E-state index contributed by atoms with van der Waals surface area (Å²) < 4.78 is 16.8. The van der Waals surface area contributed by atoms with Crippen LogP contribution in [0.25, 0.3) is 0 Å². The Balaban J connectivity index is 2.66. The van der Waals surface area contributed by atoms with Gasteiger partial charge in [0.25, 0.3) is 0 Å². The summed E-state index contributed by atoms with van der Waals surface area (Å²) in [5.41, 5.74) is 7.04. The Labute approximate surface area is 118 Å². The first kappa shape index (κ1) is 14.2. The first-order valence-corrected chi connectivity index (χ1v) is 6.66. The van der Waals surface area contributed by atoms with E-state index in [9.17, 15) is 0 Å². The molecule has 0 bridgehead atoms. The van der Waals surface area contributed by atoms with Crippen molar-refractivity contribution in [2.24, 2.45) is 10.7 Å². The predicted octanol–water partition coefficient (Wildman–Crippen LogP) is 1.93. The molecule has 1 aromatic rings. The van der Waals surface area contributed by atoms with Crippen molar-refractivity contribution in [2.45, 2.75) is 20.8 Å². The number of nitrogens with zero attached hydrogens (tertiary/aromatic N) is 1. The van der Waals surface area contributed by atoms with E-state index < -0.39 is 0 Å². The first-order valence-electron chi connectivity index (χ1n) is 6.66. The molecule has 6 heteroatoms. The highest BCUT2D eigenvalue weighted by Gasteiger charge is 2.30. The van der Waals surface area contributed by atoms with Crippen molar-refractivity contribution in [3.8, 4) is 17.2 Å². The van der Waals surface area contributed by atoms with E-state index in [0.29, 0.717) is 48.2 Å². The van der Waals surface area contributed by atoms with E-state index in [0.717, 1.165) is 0 Å². The highest BCUT2D eigenvalue weighted by Crippen LogP contribution is 2.42. The molecule has 0 aromatic heterocycles. The minimum atomic E-state index is 0.0726. The third-order valence-electron chi connectivity index (χ3n) is 2.82. The van der Waals surface area contributed by atoms with Crippen molar-refractivity contribution in [1.29, 1.82) is 5.41 Å². The molecule has 0 fully saturated rings. The van der Waals surface area contributed by atoms with E-state index in [2.05, 4.69) is 4.99 Å². The van der Waals surface area contributed by atoms with Crippen LogP contribution >= 0.6 is 0 Å². The Morgan fingerprint density at radius 1 is 1.00 bits per heavy atom. The summed E-state index contributed by atoms with van der Waals surface area (Å²) in [4.78, 5) is 4.01. The van der Waals surface area contributed by atoms with Gasteiger partial charge in [0.1, 0.15) is 11.6 Å². The number of benzene rings is 1. The van der Waals surface area contributed by atoms with Gasteiger partial charge in [0, 0.05) is 6.07 Å². The van der Waals surface area contributed by atoms with E-state index in [-0.39, 0.29) is 11.7 Å². The van der Waals surface area contributed by atoms with Gasteiger partial charge in [0.15, 0.2) is 17.3 Å². The monoisotopic (exact) mass is 277 g/mol. The zero-order valence-electron chi connectivity index (χ0n) is 11.9. The molecule has 108 valence electrons. The normalized spacial score (nSPS) is 12.9. The fraction of sp³-hybridized carbons (Fsp3) is 0.429. The van der Waals surface area contributed by atoms with Crippen LogP contribution < -0.4 is 19.9 Å². The average Bonchev–Trinajstić information content (AvgIpc) is 2.70. The fourth-order valence-corrected chi connectivity index (χ4v) is 2.15. The summed E-state index contributed by atoms with van der Waals surface area (Å²) in [6.07, 6.45) is 0. The molecule has 0 saturated heterocycles. The molecule has 20 heavy (non-hydrogen) atoms. The van der Waals surface area contributed by atoms with Crippen molar-refractivity contribution < 1.29 is 14.2 Å². The summed E-state index contributed by atoms with van der Waals surface area (Å²) in [6, 6.07) is 1.75. The number of fused-ring (bicyclic) bond motifs is 1. The maximum atomic E-state index is 7.98. The lowest BCUT2D eigenvalue weighted by Crippen LogP contribution is -2.14. The van der Waals surface area contributed by atoms with Crippen LogP contribution in [0.1, 0.15) is 31.9 Å². The van der Waals surface area contributed by atoms with Crippen LogP contribution in [0, 0.1) is 5.41 Å². The summed E-state index contributed by atoms with van der Waals surface area (Å²) in [5.74, 6) is 1.96. The second-order valence-corrected chi connectivity index (χ2v) is 4.10. The highest BCUT2D eigenvalue weighted by molar-refractivity contribution is 6.23. The molecule has 1 aliphatic rings.